The van der Waals surface area contributed by atoms with E-state index in [9.17, 15) is 4.79 Å². The third-order valence-electron chi connectivity index (χ3n) is 3.31. The van der Waals surface area contributed by atoms with Crippen molar-refractivity contribution in [2.24, 2.45) is 5.73 Å². The molecule has 0 amide bonds. The second-order valence-electron chi connectivity index (χ2n) is 4.70. The normalized spacial score (nSPS) is 9.87. The van der Waals surface area contributed by atoms with Gasteiger partial charge in [-0.15, -0.1) is 0 Å². The summed E-state index contributed by atoms with van der Waals surface area (Å²) in [6.07, 6.45) is 9.17. The van der Waals surface area contributed by atoms with Crippen LogP contribution in [0.25, 0.3) is 0 Å². The van der Waals surface area contributed by atoms with Gasteiger partial charge in [0, 0.05) is 6.42 Å². The summed E-state index contributed by atoms with van der Waals surface area (Å²) >= 11 is 0. The van der Waals surface area contributed by atoms with E-state index < -0.39 is 0 Å². The molecule has 1 aromatic rings. The van der Waals surface area contributed by atoms with Crippen LogP contribution in [0.2, 0.25) is 0 Å². The van der Waals surface area contributed by atoms with Crippen molar-refractivity contribution in [1.29, 1.82) is 0 Å². The minimum atomic E-state index is 0.568. The highest BCUT2D eigenvalue weighted by Crippen LogP contribution is 2.26. The Morgan fingerprint density at radius 3 is 1.96 bits per heavy atom. The third-order valence-corrected chi connectivity index (χ3v) is 3.31. The molecule has 0 saturated heterocycles. The van der Waals surface area contributed by atoms with Gasteiger partial charge in [0.05, 0.1) is 0 Å². The zero-order valence-electron chi connectivity index (χ0n) is 16.5. The molecule has 0 bridgehead atoms. The topological polar surface area (TPSA) is 43.1 Å². The number of nitrogens with two attached hydrogens (primary N) is 1. The van der Waals surface area contributed by atoms with Crippen LogP contribution >= 0.6 is 0 Å². The molecule has 0 aliphatic rings. The average Bonchev–Trinajstić information content (AvgIpc) is 2.67. The smallest absolute Gasteiger partial charge is 0.120 e. The Morgan fingerprint density at radius 2 is 1.48 bits per heavy atom. The van der Waals surface area contributed by atoms with Gasteiger partial charge in [-0.3, -0.25) is 0 Å². The van der Waals surface area contributed by atoms with Crippen molar-refractivity contribution >= 4 is 6.29 Å². The summed E-state index contributed by atoms with van der Waals surface area (Å²) in [5, 5.41) is 0. The van der Waals surface area contributed by atoms with Gasteiger partial charge in [-0.1, -0.05) is 90.6 Å². The summed E-state index contributed by atoms with van der Waals surface area (Å²) in [6, 6.07) is 10.6. The van der Waals surface area contributed by atoms with E-state index in [1.54, 1.807) is 0 Å². The monoisotopic (exact) mass is 323 g/mol. The molecular weight excluding hydrogens is 282 g/mol. The van der Waals surface area contributed by atoms with E-state index in [0.29, 0.717) is 12.3 Å². The number of hydrogen-bond donors (Lipinski definition) is 1. The van der Waals surface area contributed by atoms with Gasteiger partial charge in [-0.05, 0) is 31.4 Å². The first-order valence-corrected chi connectivity index (χ1v) is 9.44. The van der Waals surface area contributed by atoms with Crippen LogP contribution in [0.15, 0.2) is 30.3 Å². The Hall–Kier alpha value is -1.15. The molecule has 0 saturated carbocycles. The standard InChI is InChI=1S/C16H24O.2C2H6.CH5N/c1-2-3-4-6-10-16(13-9-14-17)15-11-7-5-8-12-15;3*1-2/h5,7-8,11-12,14,16H,2-4,6,9-10,13H2,1H3;2*1-2H3;2H2,1H3. The highest BCUT2D eigenvalue weighted by atomic mass is 16.1. The summed E-state index contributed by atoms with van der Waals surface area (Å²) in [7, 11) is 1.50. The van der Waals surface area contributed by atoms with E-state index in [1.165, 1.54) is 44.7 Å². The Balaban J connectivity index is -0.000000595. The van der Waals surface area contributed by atoms with Gasteiger partial charge >= 0.3 is 0 Å². The van der Waals surface area contributed by atoms with E-state index >= 15 is 0 Å². The van der Waals surface area contributed by atoms with Crippen molar-refractivity contribution in [2.45, 2.75) is 85.5 Å². The number of carbonyl (C=O) groups is 1. The average molecular weight is 324 g/mol. The maximum atomic E-state index is 10.5. The largest absolute Gasteiger partial charge is 0.333 e. The second-order valence-corrected chi connectivity index (χ2v) is 4.70. The molecule has 0 spiro atoms. The minimum Gasteiger partial charge on any atom is -0.333 e. The Morgan fingerprint density at radius 1 is 0.913 bits per heavy atom. The zero-order chi connectivity index (χ0) is 18.3. The highest BCUT2D eigenvalue weighted by Gasteiger charge is 2.10. The molecule has 1 aromatic carbocycles. The molecule has 0 aliphatic heterocycles. The van der Waals surface area contributed by atoms with Crippen molar-refractivity contribution in [3.05, 3.63) is 35.9 Å². The van der Waals surface area contributed by atoms with E-state index in [1.807, 2.05) is 27.7 Å². The molecule has 2 heteroatoms. The van der Waals surface area contributed by atoms with Crippen molar-refractivity contribution in [3.8, 4) is 0 Å². The summed E-state index contributed by atoms with van der Waals surface area (Å²) in [5.74, 6) is 0.568. The molecule has 0 heterocycles. The lowest BCUT2D eigenvalue weighted by molar-refractivity contribution is -0.108. The molecule has 23 heavy (non-hydrogen) atoms. The molecule has 2 nitrogen and oxygen atoms in total. The highest BCUT2D eigenvalue weighted by molar-refractivity contribution is 5.49. The second kappa shape index (κ2) is 25.8. The number of aldehydes is 1. The van der Waals surface area contributed by atoms with E-state index in [-0.39, 0.29) is 0 Å². The van der Waals surface area contributed by atoms with Crippen molar-refractivity contribution in [2.75, 3.05) is 7.05 Å². The van der Waals surface area contributed by atoms with Crippen LogP contribution < -0.4 is 5.73 Å². The molecule has 0 radical (unpaired) electrons. The molecule has 1 rings (SSSR count). The van der Waals surface area contributed by atoms with Gasteiger partial charge in [0.25, 0.3) is 0 Å². The lowest BCUT2D eigenvalue weighted by Gasteiger charge is -2.16. The van der Waals surface area contributed by atoms with Crippen molar-refractivity contribution < 1.29 is 4.79 Å². The van der Waals surface area contributed by atoms with Crippen LogP contribution in [0.3, 0.4) is 0 Å². The van der Waals surface area contributed by atoms with Gasteiger partial charge in [0.15, 0.2) is 0 Å². The Kier molecular flexibility index (Phi) is 30.0. The molecule has 1 unspecified atom stereocenters. The molecule has 0 aliphatic carbocycles. The summed E-state index contributed by atoms with van der Waals surface area (Å²) in [5.41, 5.74) is 5.89. The van der Waals surface area contributed by atoms with Gasteiger partial charge in [0.2, 0.25) is 0 Å². The van der Waals surface area contributed by atoms with Crippen LogP contribution in [-0.2, 0) is 4.79 Å². The Labute approximate surface area is 145 Å². The quantitative estimate of drug-likeness (QED) is 0.425. The molecular formula is C21H41NO. The summed E-state index contributed by atoms with van der Waals surface area (Å²) in [6.45, 7) is 10.2. The lowest BCUT2D eigenvalue weighted by atomic mass is 9.89. The predicted molar refractivity (Wildman–Crippen MR) is 106 cm³/mol. The number of benzene rings is 1. The first-order chi connectivity index (χ1) is 11.4. The molecule has 0 aromatic heterocycles. The molecule has 136 valence electrons. The maximum absolute atomic E-state index is 10.5. The predicted octanol–water partition coefficient (Wildman–Crippen LogP) is 6.35. The van der Waals surface area contributed by atoms with E-state index in [4.69, 9.17) is 0 Å². The van der Waals surface area contributed by atoms with Crippen LogP contribution in [0.1, 0.15) is 91.0 Å². The van der Waals surface area contributed by atoms with Crippen LogP contribution in [0.4, 0.5) is 0 Å². The SMILES string of the molecule is CC.CC.CCCCCCC(CCC=O)c1ccccc1.CN. The maximum Gasteiger partial charge on any atom is 0.120 e. The van der Waals surface area contributed by atoms with Crippen molar-refractivity contribution in [3.63, 3.8) is 0 Å². The van der Waals surface area contributed by atoms with Crippen LogP contribution in [0.5, 0.6) is 0 Å². The zero-order valence-corrected chi connectivity index (χ0v) is 16.5. The number of rotatable bonds is 9. The Bertz CT molecular complexity index is 298. The van der Waals surface area contributed by atoms with Crippen LogP contribution in [-0.4, -0.2) is 13.3 Å². The van der Waals surface area contributed by atoms with E-state index in [2.05, 4.69) is 43.0 Å². The summed E-state index contributed by atoms with van der Waals surface area (Å²) < 4.78 is 0. The van der Waals surface area contributed by atoms with Gasteiger partial charge < -0.3 is 10.5 Å². The number of hydrogen-bond acceptors (Lipinski definition) is 2. The number of unbranched alkanes of at least 4 members (excludes halogenated alkanes) is 3. The van der Waals surface area contributed by atoms with E-state index in [0.717, 1.165) is 12.7 Å². The fraction of sp³-hybridized carbons (Fsp3) is 0.667. The number of carbonyl (C=O) groups excluding carboxylic acids is 1. The van der Waals surface area contributed by atoms with Gasteiger partial charge in [-0.2, -0.15) is 0 Å². The molecule has 2 N–H and O–H groups in total. The third kappa shape index (κ3) is 17.0. The minimum absolute atomic E-state index is 0.568. The first-order valence-electron chi connectivity index (χ1n) is 9.44. The fourth-order valence-corrected chi connectivity index (χ4v) is 2.29. The van der Waals surface area contributed by atoms with Gasteiger partial charge in [0.1, 0.15) is 6.29 Å². The fourth-order valence-electron chi connectivity index (χ4n) is 2.29. The molecule has 1 atom stereocenters. The first kappa shape index (κ1) is 26.7. The van der Waals surface area contributed by atoms with Gasteiger partial charge in [-0.25, -0.2) is 0 Å². The molecule has 0 fully saturated rings. The lowest BCUT2D eigenvalue weighted by Crippen LogP contribution is -1.99. The van der Waals surface area contributed by atoms with Crippen molar-refractivity contribution in [1.82, 2.24) is 0 Å². The van der Waals surface area contributed by atoms with Crippen LogP contribution in [0, 0.1) is 0 Å². The summed E-state index contributed by atoms with van der Waals surface area (Å²) in [4.78, 5) is 10.5.